The molecule has 3 nitrogen and oxygen atoms in total. The van der Waals surface area contributed by atoms with Gasteiger partial charge in [0.25, 0.3) is 0 Å². The number of rotatable bonds is 1. The van der Waals surface area contributed by atoms with Crippen molar-refractivity contribution in [1.82, 2.24) is 0 Å². The van der Waals surface area contributed by atoms with Gasteiger partial charge in [-0.1, -0.05) is 27.2 Å². The van der Waals surface area contributed by atoms with Gasteiger partial charge in [0.05, 0.1) is 5.41 Å². The summed E-state index contributed by atoms with van der Waals surface area (Å²) in [6.07, 6.45) is 2.49. The van der Waals surface area contributed by atoms with Crippen LogP contribution in [-0.2, 0) is 4.79 Å². The monoisotopic (exact) mass is 185 g/mol. The number of hydrogen-bond acceptors (Lipinski definition) is 2. The van der Waals surface area contributed by atoms with E-state index in [2.05, 4.69) is 0 Å². The Hall–Kier alpha value is -0.570. The maximum Gasteiger partial charge on any atom is 0.311 e. The number of nitrogens with two attached hydrogens (primary N) is 1. The topological polar surface area (TPSA) is 63.3 Å². The van der Waals surface area contributed by atoms with Gasteiger partial charge < -0.3 is 10.8 Å². The lowest BCUT2D eigenvalue weighted by Crippen LogP contribution is -2.52. The molecule has 1 saturated carbocycles. The SMILES string of the molecule is CC(C)(C)[C@]1(C(=O)O)CCC[C@@H]1N. The van der Waals surface area contributed by atoms with Crippen LogP contribution in [0, 0.1) is 10.8 Å². The number of carboxylic acids is 1. The molecule has 0 aromatic carbocycles. The Morgan fingerprint density at radius 3 is 2.23 bits per heavy atom. The van der Waals surface area contributed by atoms with Crippen molar-refractivity contribution in [3.8, 4) is 0 Å². The molecule has 76 valence electrons. The molecular weight excluding hydrogens is 166 g/mol. The highest BCUT2D eigenvalue weighted by molar-refractivity contribution is 5.77. The van der Waals surface area contributed by atoms with E-state index in [1.807, 2.05) is 20.8 Å². The standard InChI is InChI=1S/C10H19NO2/c1-9(2,3)10(8(12)13)6-4-5-7(10)11/h7H,4-6,11H2,1-3H3,(H,12,13)/t7-,10+/m0/s1. The first-order valence-electron chi connectivity index (χ1n) is 4.81. The zero-order valence-electron chi connectivity index (χ0n) is 8.63. The van der Waals surface area contributed by atoms with Crippen LogP contribution in [0.5, 0.6) is 0 Å². The Morgan fingerprint density at radius 2 is 2.08 bits per heavy atom. The smallest absolute Gasteiger partial charge is 0.311 e. The predicted molar refractivity (Wildman–Crippen MR) is 51.4 cm³/mol. The Labute approximate surface area is 79.3 Å². The molecular formula is C10H19NO2. The van der Waals surface area contributed by atoms with Gasteiger partial charge >= 0.3 is 5.97 Å². The van der Waals surface area contributed by atoms with E-state index in [4.69, 9.17) is 5.73 Å². The highest BCUT2D eigenvalue weighted by atomic mass is 16.4. The van der Waals surface area contributed by atoms with E-state index in [-0.39, 0.29) is 11.5 Å². The summed E-state index contributed by atoms with van der Waals surface area (Å²) in [4.78, 5) is 11.3. The lowest BCUT2D eigenvalue weighted by molar-refractivity contribution is -0.157. The maximum atomic E-state index is 11.3. The first kappa shape index (κ1) is 10.5. The minimum Gasteiger partial charge on any atom is -0.481 e. The lowest BCUT2D eigenvalue weighted by Gasteiger charge is -2.41. The van der Waals surface area contributed by atoms with Gasteiger partial charge in [0, 0.05) is 6.04 Å². The Balaban J connectivity index is 3.08. The highest BCUT2D eigenvalue weighted by Gasteiger charge is 2.55. The van der Waals surface area contributed by atoms with E-state index in [9.17, 15) is 9.90 Å². The van der Waals surface area contributed by atoms with Crippen LogP contribution in [-0.4, -0.2) is 17.1 Å². The summed E-state index contributed by atoms with van der Waals surface area (Å²) in [6.45, 7) is 5.89. The molecule has 0 unspecified atom stereocenters. The number of hydrogen-bond donors (Lipinski definition) is 2. The molecule has 0 aliphatic heterocycles. The molecule has 3 heteroatoms. The quantitative estimate of drug-likeness (QED) is 0.652. The van der Waals surface area contributed by atoms with Crippen LogP contribution < -0.4 is 5.73 Å². The van der Waals surface area contributed by atoms with E-state index in [0.29, 0.717) is 6.42 Å². The Kier molecular flexibility index (Phi) is 2.41. The molecule has 0 aromatic heterocycles. The normalized spacial score (nSPS) is 34.9. The zero-order valence-corrected chi connectivity index (χ0v) is 8.63. The van der Waals surface area contributed by atoms with Gasteiger partial charge in [0.15, 0.2) is 0 Å². The van der Waals surface area contributed by atoms with E-state index >= 15 is 0 Å². The summed E-state index contributed by atoms with van der Waals surface area (Å²) in [7, 11) is 0. The van der Waals surface area contributed by atoms with E-state index in [1.165, 1.54) is 0 Å². The fourth-order valence-corrected chi connectivity index (χ4v) is 2.55. The number of aliphatic carboxylic acids is 1. The van der Waals surface area contributed by atoms with Crippen molar-refractivity contribution in [3.05, 3.63) is 0 Å². The van der Waals surface area contributed by atoms with E-state index in [1.54, 1.807) is 0 Å². The zero-order chi connectivity index (χ0) is 10.3. The molecule has 1 aliphatic rings. The largest absolute Gasteiger partial charge is 0.481 e. The Morgan fingerprint density at radius 1 is 1.54 bits per heavy atom. The van der Waals surface area contributed by atoms with Gasteiger partial charge in [-0.2, -0.15) is 0 Å². The first-order valence-corrected chi connectivity index (χ1v) is 4.81. The average molecular weight is 185 g/mol. The van der Waals surface area contributed by atoms with Crippen LogP contribution in [0.1, 0.15) is 40.0 Å². The minimum absolute atomic E-state index is 0.190. The first-order chi connectivity index (χ1) is 5.82. The summed E-state index contributed by atoms with van der Waals surface area (Å²) in [6, 6.07) is -0.190. The Bertz CT molecular complexity index is 219. The summed E-state index contributed by atoms with van der Waals surface area (Å²) < 4.78 is 0. The molecule has 1 fully saturated rings. The van der Waals surface area contributed by atoms with E-state index < -0.39 is 11.4 Å². The second kappa shape index (κ2) is 2.98. The molecule has 1 rings (SSSR count). The van der Waals surface area contributed by atoms with Crippen LogP contribution in [0.15, 0.2) is 0 Å². The molecule has 0 spiro atoms. The van der Waals surface area contributed by atoms with E-state index in [0.717, 1.165) is 12.8 Å². The van der Waals surface area contributed by atoms with Gasteiger partial charge in [0.1, 0.15) is 0 Å². The van der Waals surface area contributed by atoms with Gasteiger partial charge in [-0.05, 0) is 18.3 Å². The van der Waals surface area contributed by atoms with Crippen molar-refractivity contribution in [2.75, 3.05) is 0 Å². The van der Waals surface area contributed by atoms with Crippen molar-refractivity contribution in [2.45, 2.75) is 46.1 Å². The van der Waals surface area contributed by atoms with Crippen LogP contribution in [0.25, 0.3) is 0 Å². The lowest BCUT2D eigenvalue weighted by atomic mass is 9.63. The van der Waals surface area contributed by atoms with Crippen molar-refractivity contribution in [3.63, 3.8) is 0 Å². The number of carbonyl (C=O) groups is 1. The molecule has 3 N–H and O–H groups in total. The summed E-state index contributed by atoms with van der Waals surface area (Å²) in [5.41, 5.74) is 4.95. The molecule has 2 atom stereocenters. The fourth-order valence-electron chi connectivity index (χ4n) is 2.55. The van der Waals surface area contributed by atoms with Crippen molar-refractivity contribution in [1.29, 1.82) is 0 Å². The van der Waals surface area contributed by atoms with Gasteiger partial charge in [-0.3, -0.25) is 4.79 Å². The molecule has 13 heavy (non-hydrogen) atoms. The summed E-state index contributed by atoms with van der Waals surface area (Å²) >= 11 is 0. The maximum absolute atomic E-state index is 11.3. The fraction of sp³-hybridized carbons (Fsp3) is 0.900. The predicted octanol–water partition coefficient (Wildman–Crippen LogP) is 1.61. The molecule has 0 saturated heterocycles. The van der Waals surface area contributed by atoms with Gasteiger partial charge in [-0.15, -0.1) is 0 Å². The minimum atomic E-state index is -0.731. The van der Waals surface area contributed by atoms with Crippen LogP contribution in [0.2, 0.25) is 0 Å². The van der Waals surface area contributed by atoms with Crippen LogP contribution in [0.4, 0.5) is 0 Å². The summed E-state index contributed by atoms with van der Waals surface area (Å²) in [5.74, 6) is -0.731. The van der Waals surface area contributed by atoms with Crippen molar-refractivity contribution < 1.29 is 9.90 Å². The third-order valence-corrected chi connectivity index (χ3v) is 3.44. The third kappa shape index (κ3) is 1.35. The molecule has 0 amide bonds. The molecule has 0 radical (unpaired) electrons. The molecule has 0 aromatic rings. The van der Waals surface area contributed by atoms with Crippen LogP contribution >= 0.6 is 0 Å². The van der Waals surface area contributed by atoms with Gasteiger partial charge in [-0.25, -0.2) is 0 Å². The second-order valence-electron chi connectivity index (χ2n) is 5.03. The molecule has 0 heterocycles. The molecule has 0 bridgehead atoms. The average Bonchev–Trinajstić information content (AvgIpc) is 2.29. The van der Waals surface area contributed by atoms with Crippen molar-refractivity contribution >= 4 is 5.97 Å². The highest BCUT2D eigenvalue weighted by Crippen LogP contribution is 2.50. The third-order valence-electron chi connectivity index (χ3n) is 3.44. The summed E-state index contributed by atoms with van der Waals surface area (Å²) in [5, 5.41) is 9.29. The second-order valence-corrected chi connectivity index (χ2v) is 5.03. The van der Waals surface area contributed by atoms with Crippen LogP contribution in [0.3, 0.4) is 0 Å². The molecule has 1 aliphatic carbocycles. The number of carboxylic acid groups (broad SMARTS) is 1. The van der Waals surface area contributed by atoms with Gasteiger partial charge in [0.2, 0.25) is 0 Å². The van der Waals surface area contributed by atoms with Crippen molar-refractivity contribution in [2.24, 2.45) is 16.6 Å².